The molecule has 0 saturated heterocycles. The Morgan fingerprint density at radius 3 is 2.87 bits per heavy atom. The lowest BCUT2D eigenvalue weighted by molar-refractivity contribution is 0.0988. The van der Waals surface area contributed by atoms with Crippen LogP contribution in [0.5, 0.6) is 0 Å². The van der Waals surface area contributed by atoms with E-state index in [2.05, 4.69) is 20.5 Å². The van der Waals surface area contributed by atoms with Crippen molar-refractivity contribution in [1.29, 1.82) is 0 Å². The summed E-state index contributed by atoms with van der Waals surface area (Å²) in [5.41, 5.74) is 0.0549. The summed E-state index contributed by atoms with van der Waals surface area (Å²) in [7, 11) is 0. The molecule has 3 rings (SSSR count). The number of nitrogens with one attached hydrogen (secondary N) is 1. The maximum Gasteiger partial charge on any atom is 0.276 e. The van der Waals surface area contributed by atoms with Crippen LogP contribution in [0, 0.1) is 0 Å². The Balaban J connectivity index is 1.66. The highest BCUT2D eigenvalue weighted by Gasteiger charge is 2.19. The second-order valence-corrected chi connectivity index (χ2v) is 5.58. The number of alkyl halides is 2. The number of hydrogen-bond donors (Lipinski definition) is 1. The van der Waals surface area contributed by atoms with Gasteiger partial charge in [-0.25, -0.2) is 18.4 Å². The number of hydrogen-bond acceptors (Lipinski definition) is 4. The van der Waals surface area contributed by atoms with Crippen LogP contribution < -0.4 is 5.32 Å². The normalized spacial score (nSPS) is 16.0. The molecule has 0 bridgehead atoms. The topological polar surface area (TPSA) is 77.6 Å². The summed E-state index contributed by atoms with van der Waals surface area (Å²) in [6, 6.07) is 1.70. The molecule has 9 heteroatoms. The molecule has 2 heterocycles. The minimum absolute atomic E-state index is 0.0549. The van der Waals surface area contributed by atoms with Gasteiger partial charge < -0.3 is 0 Å². The standard InChI is InChI=1S/C14H18F2N6O/c15-12(16)8-21-11(6-7-18-21)13(23)19-14-17-9-22(20-14)10-4-2-1-3-5-10/h6-7,9-10,12H,1-5,8H2,(H,19,20,23). The first-order valence-corrected chi connectivity index (χ1v) is 7.66. The van der Waals surface area contributed by atoms with E-state index in [-0.39, 0.29) is 11.6 Å². The van der Waals surface area contributed by atoms with Gasteiger partial charge in [0.25, 0.3) is 12.3 Å². The molecule has 0 spiro atoms. The Kier molecular flexibility index (Phi) is 4.63. The predicted molar refractivity (Wildman–Crippen MR) is 78.3 cm³/mol. The van der Waals surface area contributed by atoms with Gasteiger partial charge in [-0.1, -0.05) is 19.3 Å². The lowest BCUT2D eigenvalue weighted by Gasteiger charge is -2.21. The second kappa shape index (κ2) is 6.84. The molecule has 1 aliphatic carbocycles. The molecular weight excluding hydrogens is 306 g/mol. The molecule has 2 aromatic rings. The molecule has 0 atom stereocenters. The highest BCUT2D eigenvalue weighted by molar-refractivity contribution is 6.01. The Labute approximate surface area is 131 Å². The molecule has 0 radical (unpaired) electrons. The Hall–Kier alpha value is -2.32. The number of halogens is 2. The lowest BCUT2D eigenvalue weighted by atomic mass is 9.96. The predicted octanol–water partition coefficient (Wildman–Crippen LogP) is 2.50. The first-order valence-electron chi connectivity index (χ1n) is 7.66. The van der Waals surface area contributed by atoms with E-state index in [1.165, 1.54) is 31.5 Å². The molecule has 1 aliphatic rings. The van der Waals surface area contributed by atoms with Crippen molar-refractivity contribution in [2.24, 2.45) is 0 Å². The molecule has 7 nitrogen and oxygen atoms in total. The van der Waals surface area contributed by atoms with E-state index >= 15 is 0 Å². The van der Waals surface area contributed by atoms with Gasteiger partial charge in [-0.3, -0.25) is 14.8 Å². The summed E-state index contributed by atoms with van der Waals surface area (Å²) in [6.45, 7) is -0.625. The van der Waals surface area contributed by atoms with Crippen LogP contribution in [0.25, 0.3) is 0 Å². The highest BCUT2D eigenvalue weighted by Crippen LogP contribution is 2.27. The molecule has 1 fully saturated rings. The zero-order chi connectivity index (χ0) is 16.2. The third-order valence-corrected chi connectivity index (χ3v) is 3.94. The van der Waals surface area contributed by atoms with Gasteiger partial charge in [-0.05, 0) is 18.9 Å². The van der Waals surface area contributed by atoms with E-state index in [9.17, 15) is 13.6 Å². The van der Waals surface area contributed by atoms with E-state index in [0.717, 1.165) is 17.5 Å². The van der Waals surface area contributed by atoms with Gasteiger partial charge >= 0.3 is 0 Å². The fourth-order valence-corrected chi connectivity index (χ4v) is 2.82. The fraction of sp³-hybridized carbons (Fsp3) is 0.571. The van der Waals surface area contributed by atoms with Gasteiger partial charge in [-0.2, -0.15) is 5.10 Å². The summed E-state index contributed by atoms with van der Waals surface area (Å²) >= 11 is 0. The van der Waals surface area contributed by atoms with Gasteiger partial charge in [-0.15, -0.1) is 5.10 Å². The Morgan fingerprint density at radius 1 is 1.35 bits per heavy atom. The maximum atomic E-state index is 12.5. The van der Waals surface area contributed by atoms with Crippen molar-refractivity contribution < 1.29 is 13.6 Å². The average molecular weight is 324 g/mol. The molecule has 1 amide bonds. The van der Waals surface area contributed by atoms with Crippen molar-refractivity contribution in [2.75, 3.05) is 5.32 Å². The van der Waals surface area contributed by atoms with Crippen LogP contribution in [0.2, 0.25) is 0 Å². The average Bonchev–Trinajstić information content (AvgIpc) is 3.17. The van der Waals surface area contributed by atoms with Crippen LogP contribution in [0.3, 0.4) is 0 Å². The number of anilines is 1. The number of carbonyl (C=O) groups is 1. The highest BCUT2D eigenvalue weighted by atomic mass is 19.3. The first-order chi connectivity index (χ1) is 11.1. The maximum absolute atomic E-state index is 12.5. The van der Waals surface area contributed by atoms with Crippen molar-refractivity contribution in [1.82, 2.24) is 24.5 Å². The SMILES string of the molecule is O=C(Nc1ncn(C2CCCCC2)n1)c1ccnn1CC(F)F. The van der Waals surface area contributed by atoms with E-state index in [1.807, 2.05) is 0 Å². The monoisotopic (exact) mass is 324 g/mol. The Bertz CT molecular complexity index is 662. The van der Waals surface area contributed by atoms with Gasteiger partial charge in [0, 0.05) is 6.20 Å². The summed E-state index contributed by atoms with van der Waals surface area (Å²) in [5.74, 6) is -0.380. The van der Waals surface area contributed by atoms with E-state index in [4.69, 9.17) is 0 Å². The van der Waals surface area contributed by atoms with E-state index in [1.54, 1.807) is 11.0 Å². The van der Waals surface area contributed by atoms with Crippen LogP contribution >= 0.6 is 0 Å². The molecule has 124 valence electrons. The summed E-state index contributed by atoms with van der Waals surface area (Å²) in [5, 5.41) is 10.5. The van der Waals surface area contributed by atoms with Gasteiger partial charge in [0.15, 0.2) is 0 Å². The molecule has 0 aromatic carbocycles. The molecule has 23 heavy (non-hydrogen) atoms. The molecule has 1 saturated carbocycles. The number of rotatable bonds is 5. The molecule has 0 unspecified atom stereocenters. The van der Waals surface area contributed by atoms with E-state index < -0.39 is 18.9 Å². The summed E-state index contributed by atoms with van der Waals surface area (Å²) in [6.07, 6.45) is 6.01. The fourth-order valence-electron chi connectivity index (χ4n) is 2.82. The molecule has 2 aromatic heterocycles. The van der Waals surface area contributed by atoms with Crippen LogP contribution in [0.4, 0.5) is 14.7 Å². The van der Waals surface area contributed by atoms with Crippen molar-refractivity contribution >= 4 is 11.9 Å². The number of nitrogens with zero attached hydrogens (tertiary/aromatic N) is 5. The van der Waals surface area contributed by atoms with Crippen LogP contribution in [-0.4, -0.2) is 36.9 Å². The zero-order valence-corrected chi connectivity index (χ0v) is 12.5. The minimum Gasteiger partial charge on any atom is -0.288 e. The number of carbonyl (C=O) groups excluding carboxylic acids is 1. The number of aromatic nitrogens is 5. The van der Waals surface area contributed by atoms with Gasteiger partial charge in [0.2, 0.25) is 5.95 Å². The third-order valence-electron chi connectivity index (χ3n) is 3.94. The third kappa shape index (κ3) is 3.72. The van der Waals surface area contributed by atoms with Crippen molar-refractivity contribution in [2.45, 2.75) is 51.1 Å². The minimum atomic E-state index is -2.58. The van der Waals surface area contributed by atoms with Gasteiger partial charge in [0.05, 0.1) is 6.04 Å². The summed E-state index contributed by atoms with van der Waals surface area (Å²) < 4.78 is 27.7. The Morgan fingerprint density at radius 2 is 2.13 bits per heavy atom. The van der Waals surface area contributed by atoms with Gasteiger partial charge in [0.1, 0.15) is 18.6 Å². The number of amides is 1. The first kappa shape index (κ1) is 15.6. The zero-order valence-electron chi connectivity index (χ0n) is 12.5. The molecule has 1 N–H and O–H groups in total. The van der Waals surface area contributed by atoms with E-state index in [0.29, 0.717) is 6.04 Å². The summed E-state index contributed by atoms with van der Waals surface area (Å²) in [4.78, 5) is 16.2. The smallest absolute Gasteiger partial charge is 0.276 e. The molecule has 0 aliphatic heterocycles. The van der Waals surface area contributed by atoms with Crippen molar-refractivity contribution in [3.05, 3.63) is 24.3 Å². The quantitative estimate of drug-likeness (QED) is 0.916. The van der Waals surface area contributed by atoms with Crippen LogP contribution in [0.15, 0.2) is 18.6 Å². The second-order valence-electron chi connectivity index (χ2n) is 5.58. The van der Waals surface area contributed by atoms with Crippen LogP contribution in [-0.2, 0) is 6.54 Å². The van der Waals surface area contributed by atoms with Crippen molar-refractivity contribution in [3.63, 3.8) is 0 Å². The largest absolute Gasteiger partial charge is 0.288 e. The lowest BCUT2D eigenvalue weighted by Crippen LogP contribution is -2.21. The van der Waals surface area contributed by atoms with Crippen molar-refractivity contribution in [3.8, 4) is 0 Å². The van der Waals surface area contributed by atoms with Crippen LogP contribution in [0.1, 0.15) is 48.6 Å². The molecular formula is C14H18F2N6O.